The molecule has 0 spiro atoms. The highest BCUT2D eigenvalue weighted by molar-refractivity contribution is 5.87. The molecule has 0 aliphatic heterocycles. The first-order valence-corrected chi connectivity index (χ1v) is 5.25. The van der Waals surface area contributed by atoms with Gasteiger partial charge in [0.25, 0.3) is 0 Å². The van der Waals surface area contributed by atoms with E-state index in [1.807, 2.05) is 0 Å². The standard InChI is InChI=1S/C12H11F3O2/c13-12(14,15)11(17)10(16)9-5-7-3-1-2-4-8(7)6-9/h1-4,9,11,17H,5-6H2. The van der Waals surface area contributed by atoms with Crippen molar-refractivity contribution in [3.05, 3.63) is 35.4 Å². The van der Waals surface area contributed by atoms with E-state index in [0.29, 0.717) is 0 Å². The predicted octanol–water partition coefficient (Wildman–Crippen LogP) is 1.89. The topological polar surface area (TPSA) is 37.3 Å². The average Bonchev–Trinajstić information content (AvgIpc) is 2.69. The van der Waals surface area contributed by atoms with E-state index < -0.39 is 24.0 Å². The molecule has 1 unspecified atom stereocenters. The van der Waals surface area contributed by atoms with Gasteiger partial charge in [-0.15, -0.1) is 0 Å². The van der Waals surface area contributed by atoms with Crippen molar-refractivity contribution >= 4 is 5.78 Å². The third-order valence-electron chi connectivity index (χ3n) is 3.03. The first-order valence-electron chi connectivity index (χ1n) is 5.25. The molecular formula is C12H11F3O2. The normalized spacial score (nSPS) is 17.9. The van der Waals surface area contributed by atoms with Crippen molar-refractivity contribution < 1.29 is 23.1 Å². The number of ketones is 1. The fourth-order valence-electron chi connectivity index (χ4n) is 2.14. The van der Waals surface area contributed by atoms with Gasteiger partial charge in [0, 0.05) is 5.92 Å². The van der Waals surface area contributed by atoms with Crippen molar-refractivity contribution in [2.45, 2.75) is 25.1 Å². The Morgan fingerprint density at radius 2 is 1.71 bits per heavy atom. The maximum Gasteiger partial charge on any atom is 0.421 e. The number of alkyl halides is 3. The lowest BCUT2D eigenvalue weighted by Gasteiger charge is -2.16. The van der Waals surface area contributed by atoms with E-state index in [1.54, 1.807) is 24.3 Å². The molecule has 0 bridgehead atoms. The fourth-order valence-corrected chi connectivity index (χ4v) is 2.14. The van der Waals surface area contributed by atoms with Gasteiger partial charge < -0.3 is 5.11 Å². The predicted molar refractivity (Wildman–Crippen MR) is 54.4 cm³/mol. The lowest BCUT2D eigenvalue weighted by molar-refractivity contribution is -0.205. The van der Waals surface area contributed by atoms with E-state index >= 15 is 0 Å². The summed E-state index contributed by atoms with van der Waals surface area (Å²) in [5, 5.41) is 8.92. The molecule has 0 radical (unpaired) electrons. The van der Waals surface area contributed by atoms with E-state index in [0.717, 1.165) is 11.1 Å². The third kappa shape index (κ3) is 2.34. The van der Waals surface area contributed by atoms with Gasteiger partial charge in [0.05, 0.1) is 0 Å². The zero-order valence-corrected chi connectivity index (χ0v) is 8.87. The van der Waals surface area contributed by atoms with Crippen molar-refractivity contribution in [3.63, 3.8) is 0 Å². The summed E-state index contributed by atoms with van der Waals surface area (Å²) >= 11 is 0. The smallest absolute Gasteiger partial charge is 0.377 e. The van der Waals surface area contributed by atoms with Gasteiger partial charge in [0.15, 0.2) is 5.78 Å². The van der Waals surface area contributed by atoms with Crippen LogP contribution >= 0.6 is 0 Å². The maximum absolute atomic E-state index is 12.2. The molecule has 0 amide bonds. The molecule has 1 aromatic carbocycles. The van der Waals surface area contributed by atoms with Gasteiger partial charge >= 0.3 is 6.18 Å². The highest BCUT2D eigenvalue weighted by atomic mass is 19.4. The summed E-state index contributed by atoms with van der Waals surface area (Å²) in [5.74, 6) is -1.89. The van der Waals surface area contributed by atoms with Gasteiger partial charge in [0.1, 0.15) is 0 Å². The Kier molecular flexibility index (Phi) is 2.95. The molecule has 1 aliphatic rings. The van der Waals surface area contributed by atoms with E-state index in [9.17, 15) is 18.0 Å². The Bertz CT molecular complexity index is 415. The number of carbonyl (C=O) groups is 1. The summed E-state index contributed by atoms with van der Waals surface area (Å²) in [6.07, 6.45) is -7.17. The van der Waals surface area contributed by atoms with E-state index in [1.165, 1.54) is 0 Å². The van der Waals surface area contributed by atoms with Crippen molar-refractivity contribution in [1.82, 2.24) is 0 Å². The number of hydrogen-bond donors (Lipinski definition) is 1. The zero-order chi connectivity index (χ0) is 12.6. The van der Waals surface area contributed by atoms with Gasteiger partial charge in [-0.2, -0.15) is 13.2 Å². The summed E-state index contributed by atoms with van der Waals surface area (Å²) in [7, 11) is 0. The number of benzene rings is 1. The van der Waals surface area contributed by atoms with Crippen LogP contribution in [-0.4, -0.2) is 23.2 Å². The van der Waals surface area contributed by atoms with E-state index in [4.69, 9.17) is 5.11 Å². The molecule has 1 aliphatic carbocycles. The summed E-state index contributed by atoms with van der Waals surface area (Å²) in [6.45, 7) is 0. The number of rotatable bonds is 2. The zero-order valence-electron chi connectivity index (χ0n) is 8.87. The number of hydrogen-bond acceptors (Lipinski definition) is 2. The lowest BCUT2D eigenvalue weighted by Crippen LogP contribution is -2.40. The van der Waals surface area contributed by atoms with Gasteiger partial charge in [-0.1, -0.05) is 24.3 Å². The van der Waals surface area contributed by atoms with Crippen molar-refractivity contribution in [2.75, 3.05) is 0 Å². The number of aliphatic hydroxyl groups is 1. The number of halogens is 3. The van der Waals surface area contributed by atoms with Crippen LogP contribution in [0.25, 0.3) is 0 Å². The molecular weight excluding hydrogens is 233 g/mol. The molecule has 0 saturated heterocycles. The molecule has 17 heavy (non-hydrogen) atoms. The number of aliphatic hydroxyl groups excluding tert-OH is 1. The van der Waals surface area contributed by atoms with Crippen LogP contribution in [0.3, 0.4) is 0 Å². The SMILES string of the molecule is O=C(C1Cc2ccccc2C1)C(O)C(F)(F)F. The molecule has 92 valence electrons. The molecule has 1 aromatic rings. The first-order chi connectivity index (χ1) is 7.89. The molecule has 2 nitrogen and oxygen atoms in total. The molecule has 1 N–H and O–H groups in total. The second-order valence-electron chi connectivity index (χ2n) is 4.22. The minimum atomic E-state index is -4.87. The summed E-state index contributed by atoms with van der Waals surface area (Å²) < 4.78 is 36.6. The fraction of sp³-hybridized carbons (Fsp3) is 0.417. The summed E-state index contributed by atoms with van der Waals surface area (Å²) in [6, 6.07) is 7.16. The molecule has 0 aromatic heterocycles. The Morgan fingerprint density at radius 3 is 2.12 bits per heavy atom. The van der Waals surface area contributed by atoms with Crippen LogP contribution in [0, 0.1) is 5.92 Å². The highest BCUT2D eigenvalue weighted by Crippen LogP contribution is 2.31. The molecule has 2 rings (SSSR count). The average molecular weight is 244 g/mol. The second kappa shape index (κ2) is 4.14. The van der Waals surface area contributed by atoms with Gasteiger partial charge in [-0.05, 0) is 24.0 Å². The molecule has 0 saturated carbocycles. The van der Waals surface area contributed by atoms with Crippen molar-refractivity contribution in [2.24, 2.45) is 5.92 Å². The van der Waals surface area contributed by atoms with Crippen molar-refractivity contribution in [1.29, 1.82) is 0 Å². The Balaban J connectivity index is 2.11. The van der Waals surface area contributed by atoms with Crippen LogP contribution < -0.4 is 0 Å². The number of Topliss-reactive ketones (excluding diaryl/α,β-unsaturated/α-hetero) is 1. The second-order valence-corrected chi connectivity index (χ2v) is 4.22. The first kappa shape index (κ1) is 12.1. The van der Waals surface area contributed by atoms with Crippen LogP contribution in [0.4, 0.5) is 13.2 Å². The minimum absolute atomic E-state index is 0.280. The van der Waals surface area contributed by atoms with E-state index in [-0.39, 0.29) is 12.8 Å². The number of carbonyl (C=O) groups excluding carboxylic acids is 1. The molecule has 5 heteroatoms. The largest absolute Gasteiger partial charge is 0.421 e. The quantitative estimate of drug-likeness (QED) is 0.862. The third-order valence-corrected chi connectivity index (χ3v) is 3.03. The highest BCUT2D eigenvalue weighted by Gasteiger charge is 2.46. The summed E-state index contributed by atoms with van der Waals surface area (Å²) in [5.41, 5.74) is 1.78. The van der Waals surface area contributed by atoms with Gasteiger partial charge in [-0.25, -0.2) is 0 Å². The van der Waals surface area contributed by atoms with Crippen LogP contribution in [0.1, 0.15) is 11.1 Å². The summed E-state index contributed by atoms with van der Waals surface area (Å²) in [4.78, 5) is 11.5. The number of fused-ring (bicyclic) bond motifs is 1. The maximum atomic E-state index is 12.2. The van der Waals surface area contributed by atoms with Crippen LogP contribution in [0.15, 0.2) is 24.3 Å². The monoisotopic (exact) mass is 244 g/mol. The van der Waals surface area contributed by atoms with E-state index in [2.05, 4.69) is 0 Å². The minimum Gasteiger partial charge on any atom is -0.377 e. The molecule has 1 atom stereocenters. The van der Waals surface area contributed by atoms with Crippen LogP contribution in [0.5, 0.6) is 0 Å². The molecule has 0 heterocycles. The van der Waals surface area contributed by atoms with Crippen LogP contribution in [0.2, 0.25) is 0 Å². The lowest BCUT2D eigenvalue weighted by atomic mass is 9.96. The van der Waals surface area contributed by atoms with Gasteiger partial charge in [0.2, 0.25) is 6.10 Å². The molecule has 0 fully saturated rings. The van der Waals surface area contributed by atoms with Crippen LogP contribution in [-0.2, 0) is 17.6 Å². The Morgan fingerprint density at radius 1 is 1.24 bits per heavy atom. The van der Waals surface area contributed by atoms with Gasteiger partial charge in [-0.3, -0.25) is 4.79 Å². The van der Waals surface area contributed by atoms with Crippen molar-refractivity contribution in [3.8, 4) is 0 Å². The Labute approximate surface area is 96.1 Å². The Hall–Kier alpha value is -1.36.